The van der Waals surface area contributed by atoms with Crippen LogP contribution >= 0.6 is 0 Å². The molecule has 98 valence electrons. The van der Waals surface area contributed by atoms with Crippen molar-refractivity contribution in [3.8, 4) is 5.75 Å². The number of hydrogen-bond donors (Lipinski definition) is 1. The SMILES string of the molecule is Cc1cc(OCC(F)(F)F)ccc1/C=C/C(=O)O. The summed E-state index contributed by atoms with van der Waals surface area (Å²) in [4.78, 5) is 10.3. The van der Waals surface area contributed by atoms with Gasteiger partial charge < -0.3 is 9.84 Å². The van der Waals surface area contributed by atoms with Gasteiger partial charge >= 0.3 is 12.1 Å². The number of alkyl halides is 3. The zero-order chi connectivity index (χ0) is 13.8. The predicted molar refractivity (Wildman–Crippen MR) is 59.4 cm³/mol. The molecule has 18 heavy (non-hydrogen) atoms. The van der Waals surface area contributed by atoms with Crippen molar-refractivity contribution in [1.29, 1.82) is 0 Å². The molecule has 0 aliphatic carbocycles. The first-order valence-electron chi connectivity index (χ1n) is 4.99. The van der Waals surface area contributed by atoms with Crippen molar-refractivity contribution < 1.29 is 27.8 Å². The Hall–Kier alpha value is -1.98. The number of hydrogen-bond acceptors (Lipinski definition) is 2. The molecule has 0 aliphatic heterocycles. The van der Waals surface area contributed by atoms with Crippen molar-refractivity contribution in [1.82, 2.24) is 0 Å². The second-order valence-corrected chi connectivity index (χ2v) is 3.59. The Balaban J connectivity index is 2.76. The summed E-state index contributed by atoms with van der Waals surface area (Å²) in [7, 11) is 0. The van der Waals surface area contributed by atoms with Gasteiger partial charge in [-0.1, -0.05) is 6.07 Å². The lowest BCUT2D eigenvalue weighted by molar-refractivity contribution is -0.153. The van der Waals surface area contributed by atoms with Gasteiger partial charge in [0.15, 0.2) is 6.61 Å². The van der Waals surface area contributed by atoms with Gasteiger partial charge in [0.05, 0.1) is 0 Å². The van der Waals surface area contributed by atoms with E-state index in [9.17, 15) is 18.0 Å². The molecule has 0 amide bonds. The van der Waals surface area contributed by atoms with Gasteiger partial charge in [0.25, 0.3) is 0 Å². The molecule has 0 saturated carbocycles. The molecule has 3 nitrogen and oxygen atoms in total. The van der Waals surface area contributed by atoms with Crippen molar-refractivity contribution in [3.05, 3.63) is 35.4 Å². The molecule has 0 unspecified atom stereocenters. The number of benzene rings is 1. The van der Waals surface area contributed by atoms with E-state index in [1.165, 1.54) is 24.3 Å². The van der Waals surface area contributed by atoms with Gasteiger partial charge in [-0.2, -0.15) is 13.2 Å². The third kappa shape index (κ3) is 4.90. The summed E-state index contributed by atoms with van der Waals surface area (Å²) in [5.41, 5.74) is 1.24. The highest BCUT2D eigenvalue weighted by Gasteiger charge is 2.28. The molecule has 0 aromatic heterocycles. The maximum atomic E-state index is 11.9. The highest BCUT2D eigenvalue weighted by atomic mass is 19.4. The smallest absolute Gasteiger partial charge is 0.422 e. The van der Waals surface area contributed by atoms with Crippen molar-refractivity contribution >= 4 is 12.0 Å². The fourth-order valence-electron chi connectivity index (χ4n) is 1.25. The Kier molecular flexibility index (Phi) is 4.36. The Labute approximate surface area is 101 Å². The van der Waals surface area contributed by atoms with Crippen molar-refractivity contribution in [2.24, 2.45) is 0 Å². The number of carboxylic acids is 1. The molecule has 1 aromatic carbocycles. The largest absolute Gasteiger partial charge is 0.484 e. The van der Waals surface area contributed by atoms with Crippen LogP contribution in [-0.2, 0) is 4.79 Å². The molecule has 1 rings (SSSR count). The third-order valence-electron chi connectivity index (χ3n) is 2.05. The molecule has 0 heterocycles. The average Bonchev–Trinajstić information content (AvgIpc) is 2.24. The number of rotatable bonds is 4. The summed E-state index contributed by atoms with van der Waals surface area (Å²) in [6.07, 6.45) is -2.06. The number of carbonyl (C=O) groups is 1. The third-order valence-corrected chi connectivity index (χ3v) is 2.05. The Morgan fingerprint density at radius 3 is 2.61 bits per heavy atom. The normalized spacial score (nSPS) is 11.8. The van der Waals surface area contributed by atoms with Gasteiger partial charge in [0.1, 0.15) is 5.75 Å². The van der Waals surface area contributed by atoms with Gasteiger partial charge in [-0.05, 0) is 36.3 Å². The summed E-state index contributed by atoms with van der Waals surface area (Å²) >= 11 is 0. The Morgan fingerprint density at radius 1 is 1.44 bits per heavy atom. The van der Waals surface area contributed by atoms with Crippen LogP contribution in [0.2, 0.25) is 0 Å². The van der Waals surface area contributed by atoms with Gasteiger partial charge in [-0.25, -0.2) is 4.79 Å². The van der Waals surface area contributed by atoms with E-state index in [1.807, 2.05) is 0 Å². The molecule has 0 aliphatic rings. The van der Waals surface area contributed by atoms with Crippen LogP contribution in [0.15, 0.2) is 24.3 Å². The fourth-order valence-corrected chi connectivity index (χ4v) is 1.25. The zero-order valence-corrected chi connectivity index (χ0v) is 9.49. The van der Waals surface area contributed by atoms with E-state index in [2.05, 4.69) is 4.74 Å². The number of halogens is 3. The molecule has 0 spiro atoms. The van der Waals surface area contributed by atoms with Gasteiger partial charge in [0, 0.05) is 6.08 Å². The minimum Gasteiger partial charge on any atom is -0.484 e. The molecule has 0 atom stereocenters. The van der Waals surface area contributed by atoms with Crippen LogP contribution in [0.1, 0.15) is 11.1 Å². The first-order valence-corrected chi connectivity index (χ1v) is 4.99. The molecular formula is C12H11F3O3. The van der Waals surface area contributed by atoms with E-state index in [4.69, 9.17) is 5.11 Å². The fraction of sp³-hybridized carbons (Fsp3) is 0.250. The average molecular weight is 260 g/mol. The lowest BCUT2D eigenvalue weighted by atomic mass is 10.1. The van der Waals surface area contributed by atoms with Crippen LogP contribution in [-0.4, -0.2) is 23.9 Å². The van der Waals surface area contributed by atoms with E-state index < -0.39 is 18.8 Å². The van der Waals surface area contributed by atoms with Crippen LogP contribution in [0, 0.1) is 6.92 Å². The first kappa shape index (κ1) is 14.1. The summed E-state index contributed by atoms with van der Waals surface area (Å²) in [6.45, 7) is 0.304. The highest BCUT2D eigenvalue weighted by molar-refractivity contribution is 5.85. The lowest BCUT2D eigenvalue weighted by Crippen LogP contribution is -2.19. The van der Waals surface area contributed by atoms with Crippen LogP contribution < -0.4 is 4.74 Å². The van der Waals surface area contributed by atoms with E-state index in [0.29, 0.717) is 11.1 Å². The molecule has 0 radical (unpaired) electrons. The molecule has 0 bridgehead atoms. The van der Waals surface area contributed by atoms with Crippen LogP contribution in [0.4, 0.5) is 13.2 Å². The molecule has 0 fully saturated rings. The van der Waals surface area contributed by atoms with Crippen molar-refractivity contribution in [3.63, 3.8) is 0 Å². The predicted octanol–water partition coefficient (Wildman–Crippen LogP) is 3.03. The second kappa shape index (κ2) is 5.57. The number of aryl methyl sites for hydroxylation is 1. The van der Waals surface area contributed by atoms with Gasteiger partial charge in [0.2, 0.25) is 0 Å². The molecule has 1 N–H and O–H groups in total. The minimum absolute atomic E-state index is 0.0947. The maximum Gasteiger partial charge on any atom is 0.422 e. The topological polar surface area (TPSA) is 46.5 Å². The maximum absolute atomic E-state index is 11.9. The van der Waals surface area contributed by atoms with Gasteiger partial charge in [-0.3, -0.25) is 0 Å². The van der Waals surface area contributed by atoms with Gasteiger partial charge in [-0.15, -0.1) is 0 Å². The Bertz CT molecular complexity index is 464. The Morgan fingerprint density at radius 2 is 2.11 bits per heavy atom. The van der Waals surface area contributed by atoms with Crippen LogP contribution in [0.3, 0.4) is 0 Å². The number of carboxylic acid groups (broad SMARTS) is 1. The highest BCUT2D eigenvalue weighted by Crippen LogP contribution is 2.21. The number of ether oxygens (including phenoxy) is 1. The quantitative estimate of drug-likeness (QED) is 0.846. The lowest BCUT2D eigenvalue weighted by Gasteiger charge is -2.10. The van der Waals surface area contributed by atoms with Crippen LogP contribution in [0.25, 0.3) is 6.08 Å². The minimum atomic E-state index is -4.38. The van der Waals surface area contributed by atoms with E-state index in [1.54, 1.807) is 6.92 Å². The van der Waals surface area contributed by atoms with Crippen molar-refractivity contribution in [2.45, 2.75) is 13.1 Å². The van der Waals surface area contributed by atoms with E-state index >= 15 is 0 Å². The second-order valence-electron chi connectivity index (χ2n) is 3.59. The van der Waals surface area contributed by atoms with E-state index in [-0.39, 0.29) is 5.75 Å². The van der Waals surface area contributed by atoms with Crippen molar-refractivity contribution in [2.75, 3.05) is 6.61 Å². The summed E-state index contributed by atoms with van der Waals surface area (Å²) in [5.74, 6) is -0.996. The summed E-state index contributed by atoms with van der Waals surface area (Å²) in [6, 6.07) is 4.29. The van der Waals surface area contributed by atoms with Crippen LogP contribution in [0.5, 0.6) is 5.75 Å². The van der Waals surface area contributed by atoms with E-state index in [0.717, 1.165) is 6.08 Å². The summed E-state index contributed by atoms with van der Waals surface area (Å²) in [5, 5.41) is 8.46. The standard InChI is InChI=1S/C12H11F3O3/c1-8-6-10(18-7-12(13,14)15)4-2-9(8)3-5-11(16)17/h2-6H,7H2,1H3,(H,16,17)/b5-3+. The molecule has 1 aromatic rings. The molecule has 6 heteroatoms. The first-order chi connectivity index (χ1) is 8.28. The zero-order valence-electron chi connectivity index (χ0n) is 9.49. The molecule has 0 saturated heterocycles. The molecular weight excluding hydrogens is 249 g/mol. The summed E-state index contributed by atoms with van der Waals surface area (Å²) < 4.78 is 40.4. The monoisotopic (exact) mass is 260 g/mol. The number of aliphatic carboxylic acids is 1.